The molecule has 0 atom stereocenters. The predicted octanol–water partition coefficient (Wildman–Crippen LogP) is 1.73. The molecule has 0 fully saturated rings. The molecule has 0 unspecified atom stereocenters. The van der Waals surface area contributed by atoms with Crippen LogP contribution in [0.4, 0.5) is 0 Å². The SMILES string of the molecule is COc1ccc2nc3ccc(C#N)cn3c(=O)c2c1. The standard InChI is InChI=1S/C14H9N3O2/c1-19-10-3-4-12-11(6-10)14(18)17-8-9(7-15)2-5-13(17)16-12/h2-6,8H,1H3. The number of pyridine rings is 1. The van der Waals surface area contributed by atoms with Crippen LogP contribution in [0.3, 0.4) is 0 Å². The Hall–Kier alpha value is -2.87. The minimum atomic E-state index is -0.212. The normalized spacial score (nSPS) is 10.5. The molecule has 2 heterocycles. The Balaban J connectivity index is 2.47. The zero-order chi connectivity index (χ0) is 13.4. The Labute approximate surface area is 108 Å². The molecule has 0 aliphatic rings. The van der Waals surface area contributed by atoms with Crippen molar-refractivity contribution in [3.63, 3.8) is 0 Å². The van der Waals surface area contributed by atoms with E-state index in [0.29, 0.717) is 27.9 Å². The molecule has 0 aliphatic carbocycles. The molecule has 5 nitrogen and oxygen atoms in total. The van der Waals surface area contributed by atoms with Gasteiger partial charge in [-0.15, -0.1) is 0 Å². The Bertz CT molecular complexity index is 891. The highest BCUT2D eigenvalue weighted by molar-refractivity contribution is 5.81. The predicted molar refractivity (Wildman–Crippen MR) is 70.2 cm³/mol. The molecule has 0 amide bonds. The molecule has 0 spiro atoms. The fraction of sp³-hybridized carbons (Fsp3) is 0.0714. The third-order valence-electron chi connectivity index (χ3n) is 2.94. The Kier molecular flexibility index (Phi) is 2.43. The molecule has 3 rings (SSSR count). The summed E-state index contributed by atoms with van der Waals surface area (Å²) in [5, 5.41) is 9.34. The summed E-state index contributed by atoms with van der Waals surface area (Å²) < 4.78 is 6.48. The summed E-state index contributed by atoms with van der Waals surface area (Å²) in [7, 11) is 1.54. The fourth-order valence-electron chi connectivity index (χ4n) is 1.98. The Morgan fingerprint density at radius 3 is 2.89 bits per heavy atom. The molecule has 2 aromatic heterocycles. The number of methoxy groups -OCH3 is 1. The first-order chi connectivity index (χ1) is 9.22. The van der Waals surface area contributed by atoms with E-state index in [1.54, 1.807) is 37.4 Å². The minimum Gasteiger partial charge on any atom is -0.497 e. The minimum absolute atomic E-state index is 0.212. The van der Waals surface area contributed by atoms with Gasteiger partial charge in [0.2, 0.25) is 0 Å². The molecular weight excluding hydrogens is 242 g/mol. The highest BCUT2D eigenvalue weighted by Gasteiger charge is 2.07. The summed E-state index contributed by atoms with van der Waals surface area (Å²) in [5.41, 5.74) is 1.33. The summed E-state index contributed by atoms with van der Waals surface area (Å²) in [5.74, 6) is 0.600. The van der Waals surface area contributed by atoms with E-state index in [9.17, 15) is 4.79 Å². The van der Waals surface area contributed by atoms with Gasteiger partial charge >= 0.3 is 0 Å². The Morgan fingerprint density at radius 2 is 2.16 bits per heavy atom. The molecule has 5 heteroatoms. The number of hydrogen-bond donors (Lipinski definition) is 0. The van der Waals surface area contributed by atoms with E-state index in [-0.39, 0.29) is 5.56 Å². The maximum absolute atomic E-state index is 12.4. The number of nitrogens with zero attached hydrogens (tertiary/aromatic N) is 3. The van der Waals surface area contributed by atoms with Crippen molar-refractivity contribution >= 4 is 16.6 Å². The lowest BCUT2D eigenvalue weighted by Crippen LogP contribution is -2.15. The second-order valence-electron chi connectivity index (χ2n) is 4.06. The van der Waals surface area contributed by atoms with Gasteiger partial charge in [0.25, 0.3) is 5.56 Å². The largest absolute Gasteiger partial charge is 0.497 e. The van der Waals surface area contributed by atoms with Crippen LogP contribution in [0.2, 0.25) is 0 Å². The number of aromatic nitrogens is 2. The maximum atomic E-state index is 12.4. The number of benzene rings is 1. The van der Waals surface area contributed by atoms with Crippen LogP contribution < -0.4 is 10.3 Å². The quantitative estimate of drug-likeness (QED) is 0.618. The molecular formula is C14H9N3O2. The molecule has 0 aliphatic heterocycles. The van der Waals surface area contributed by atoms with Gasteiger partial charge in [-0.25, -0.2) is 4.98 Å². The average Bonchev–Trinajstić information content (AvgIpc) is 2.47. The van der Waals surface area contributed by atoms with Gasteiger partial charge in [-0.05, 0) is 30.3 Å². The molecule has 0 saturated carbocycles. The lowest BCUT2D eigenvalue weighted by atomic mass is 10.2. The van der Waals surface area contributed by atoms with Crippen LogP contribution in [0.25, 0.3) is 16.6 Å². The van der Waals surface area contributed by atoms with Gasteiger partial charge in [0.1, 0.15) is 17.5 Å². The van der Waals surface area contributed by atoms with Crippen LogP contribution in [0, 0.1) is 11.3 Å². The summed E-state index contributed by atoms with van der Waals surface area (Å²) >= 11 is 0. The molecule has 0 bridgehead atoms. The van der Waals surface area contributed by atoms with E-state index in [0.717, 1.165) is 0 Å². The molecule has 0 saturated heterocycles. The van der Waals surface area contributed by atoms with Gasteiger partial charge in [-0.3, -0.25) is 9.20 Å². The molecule has 19 heavy (non-hydrogen) atoms. The van der Waals surface area contributed by atoms with Gasteiger partial charge in [-0.2, -0.15) is 5.26 Å². The van der Waals surface area contributed by atoms with Crippen molar-refractivity contribution in [3.8, 4) is 11.8 Å². The van der Waals surface area contributed by atoms with Crippen LogP contribution in [0.15, 0.2) is 41.3 Å². The van der Waals surface area contributed by atoms with Crippen LogP contribution >= 0.6 is 0 Å². The number of ether oxygens (including phenoxy) is 1. The molecule has 0 radical (unpaired) electrons. The lowest BCUT2D eigenvalue weighted by molar-refractivity contribution is 0.415. The van der Waals surface area contributed by atoms with Crippen molar-refractivity contribution in [3.05, 3.63) is 52.4 Å². The van der Waals surface area contributed by atoms with Gasteiger partial charge in [0, 0.05) is 6.20 Å². The first kappa shape index (κ1) is 11.2. The van der Waals surface area contributed by atoms with E-state index in [2.05, 4.69) is 4.98 Å². The highest BCUT2D eigenvalue weighted by Crippen LogP contribution is 2.17. The molecule has 0 N–H and O–H groups in total. The fourth-order valence-corrected chi connectivity index (χ4v) is 1.98. The summed E-state index contributed by atoms with van der Waals surface area (Å²) in [6.07, 6.45) is 1.49. The van der Waals surface area contributed by atoms with E-state index in [1.807, 2.05) is 6.07 Å². The van der Waals surface area contributed by atoms with Crippen molar-refractivity contribution in [1.82, 2.24) is 9.38 Å². The summed E-state index contributed by atoms with van der Waals surface area (Å²) in [4.78, 5) is 16.8. The third-order valence-corrected chi connectivity index (χ3v) is 2.94. The number of rotatable bonds is 1. The second kappa shape index (κ2) is 4.10. The van der Waals surface area contributed by atoms with Crippen LogP contribution in [-0.4, -0.2) is 16.5 Å². The first-order valence-electron chi connectivity index (χ1n) is 5.63. The zero-order valence-corrected chi connectivity index (χ0v) is 10.1. The summed E-state index contributed by atoms with van der Waals surface area (Å²) in [6.45, 7) is 0. The molecule has 1 aromatic carbocycles. The summed E-state index contributed by atoms with van der Waals surface area (Å²) in [6, 6.07) is 10.4. The number of hydrogen-bond acceptors (Lipinski definition) is 4. The van der Waals surface area contributed by atoms with E-state index >= 15 is 0 Å². The Morgan fingerprint density at radius 1 is 1.32 bits per heavy atom. The van der Waals surface area contributed by atoms with E-state index in [4.69, 9.17) is 10.00 Å². The van der Waals surface area contributed by atoms with Gasteiger partial charge in [0.05, 0.1) is 23.6 Å². The van der Waals surface area contributed by atoms with Gasteiger partial charge in [-0.1, -0.05) is 0 Å². The van der Waals surface area contributed by atoms with E-state index < -0.39 is 0 Å². The molecule has 3 aromatic rings. The first-order valence-corrected chi connectivity index (χ1v) is 5.63. The van der Waals surface area contributed by atoms with E-state index in [1.165, 1.54) is 10.6 Å². The van der Waals surface area contributed by atoms with Crippen molar-refractivity contribution in [2.24, 2.45) is 0 Å². The average molecular weight is 251 g/mol. The van der Waals surface area contributed by atoms with Gasteiger partial charge < -0.3 is 4.74 Å². The van der Waals surface area contributed by atoms with Crippen molar-refractivity contribution in [2.75, 3.05) is 7.11 Å². The lowest BCUT2D eigenvalue weighted by Gasteiger charge is -2.05. The van der Waals surface area contributed by atoms with Gasteiger partial charge in [0.15, 0.2) is 0 Å². The van der Waals surface area contributed by atoms with Crippen molar-refractivity contribution in [1.29, 1.82) is 5.26 Å². The number of nitriles is 1. The highest BCUT2D eigenvalue weighted by atomic mass is 16.5. The van der Waals surface area contributed by atoms with Crippen LogP contribution in [0.1, 0.15) is 5.56 Å². The smallest absolute Gasteiger partial charge is 0.265 e. The molecule has 92 valence electrons. The maximum Gasteiger partial charge on any atom is 0.265 e. The third kappa shape index (κ3) is 1.70. The van der Waals surface area contributed by atoms with Crippen molar-refractivity contribution in [2.45, 2.75) is 0 Å². The zero-order valence-electron chi connectivity index (χ0n) is 10.1. The topological polar surface area (TPSA) is 67.4 Å². The second-order valence-corrected chi connectivity index (χ2v) is 4.06. The number of fused-ring (bicyclic) bond motifs is 2. The van der Waals surface area contributed by atoms with Crippen LogP contribution in [0.5, 0.6) is 5.75 Å². The van der Waals surface area contributed by atoms with Crippen molar-refractivity contribution < 1.29 is 4.74 Å². The monoisotopic (exact) mass is 251 g/mol. The van der Waals surface area contributed by atoms with Crippen LogP contribution in [-0.2, 0) is 0 Å².